The topological polar surface area (TPSA) is 118 Å². The summed E-state index contributed by atoms with van der Waals surface area (Å²) in [5, 5.41) is 0. The summed E-state index contributed by atoms with van der Waals surface area (Å²) < 4.78 is 75.3. The maximum atomic E-state index is 12.3. The lowest BCUT2D eigenvalue weighted by Crippen LogP contribution is -2.08. The van der Waals surface area contributed by atoms with Crippen molar-refractivity contribution in [1.29, 1.82) is 0 Å². The number of hydrogen-bond donors (Lipinski definition) is 2. The summed E-state index contributed by atoms with van der Waals surface area (Å²) in [6.45, 7) is 4.38. The summed E-state index contributed by atoms with van der Waals surface area (Å²) in [5.74, 6) is -0.183. The Kier molecular flexibility index (Phi) is 16.0. The molecule has 9 heteroatoms. The Hall–Kier alpha value is -1.94. The van der Waals surface area contributed by atoms with Gasteiger partial charge in [0, 0.05) is 0 Å². The standard InChI is InChI=1S/C32H50O7S2/c1-3-5-7-9-11-13-15-17-21-27-23-19-25-29(40(33,34)35)31(27)39-32-28(24-20-26-30(32)41(36,37)38)22-18-16-14-12-10-8-6-4-2/h19-20,23-26H,3-18,21-22H2,1-2H3,(H,33,34,35)(H,36,37,38). The Morgan fingerprint density at radius 2 is 0.829 bits per heavy atom. The molecule has 2 aromatic rings. The van der Waals surface area contributed by atoms with E-state index in [1.807, 2.05) is 0 Å². The van der Waals surface area contributed by atoms with Gasteiger partial charge in [-0.2, -0.15) is 16.8 Å². The first-order valence-corrected chi connectivity index (χ1v) is 18.3. The molecule has 0 saturated carbocycles. The molecule has 0 aliphatic rings. The Bertz CT molecular complexity index is 1160. The number of para-hydroxylation sites is 2. The molecule has 0 radical (unpaired) electrons. The predicted octanol–water partition coefficient (Wildman–Crippen LogP) is 9.34. The Balaban J connectivity index is 2.25. The van der Waals surface area contributed by atoms with Crippen molar-refractivity contribution in [2.24, 2.45) is 0 Å². The van der Waals surface area contributed by atoms with Gasteiger partial charge >= 0.3 is 0 Å². The lowest BCUT2D eigenvalue weighted by Gasteiger charge is -2.19. The molecule has 0 spiro atoms. The number of aryl methyl sites for hydroxylation is 2. The third kappa shape index (κ3) is 12.8. The van der Waals surface area contributed by atoms with Gasteiger partial charge in [0.1, 0.15) is 9.79 Å². The first-order valence-electron chi connectivity index (χ1n) is 15.5. The van der Waals surface area contributed by atoms with Crippen molar-refractivity contribution >= 4 is 20.2 Å². The van der Waals surface area contributed by atoms with Crippen LogP contribution in [0.4, 0.5) is 0 Å². The zero-order valence-corrected chi connectivity index (χ0v) is 26.6. The number of hydrogen-bond acceptors (Lipinski definition) is 5. The van der Waals surface area contributed by atoms with Crippen LogP contribution in [-0.4, -0.2) is 25.9 Å². The van der Waals surface area contributed by atoms with Crippen molar-refractivity contribution in [1.82, 2.24) is 0 Å². The van der Waals surface area contributed by atoms with E-state index in [-0.39, 0.29) is 11.5 Å². The zero-order valence-electron chi connectivity index (χ0n) is 24.9. The molecule has 0 atom stereocenters. The molecule has 2 aromatic carbocycles. The molecule has 0 fully saturated rings. The number of benzene rings is 2. The van der Waals surface area contributed by atoms with Gasteiger partial charge in [0.15, 0.2) is 11.5 Å². The van der Waals surface area contributed by atoms with Gasteiger partial charge < -0.3 is 4.74 Å². The van der Waals surface area contributed by atoms with Crippen LogP contribution in [0.2, 0.25) is 0 Å². The minimum atomic E-state index is -4.66. The second kappa shape index (κ2) is 18.6. The van der Waals surface area contributed by atoms with Crippen molar-refractivity contribution in [2.45, 2.75) is 139 Å². The Morgan fingerprint density at radius 3 is 1.15 bits per heavy atom. The van der Waals surface area contributed by atoms with Gasteiger partial charge in [-0.3, -0.25) is 9.11 Å². The molecule has 41 heavy (non-hydrogen) atoms. The van der Waals surface area contributed by atoms with Crippen LogP contribution in [0.15, 0.2) is 46.2 Å². The fraction of sp³-hybridized carbons (Fsp3) is 0.625. The van der Waals surface area contributed by atoms with Crippen LogP contribution in [0.5, 0.6) is 11.5 Å². The minimum absolute atomic E-state index is 0.0915. The molecule has 0 bridgehead atoms. The monoisotopic (exact) mass is 610 g/mol. The van der Waals surface area contributed by atoms with Crippen LogP contribution in [0.1, 0.15) is 128 Å². The van der Waals surface area contributed by atoms with Crippen LogP contribution in [0.25, 0.3) is 0 Å². The average molecular weight is 611 g/mol. The van der Waals surface area contributed by atoms with Crippen molar-refractivity contribution < 1.29 is 30.7 Å². The number of ether oxygens (including phenoxy) is 1. The molecule has 0 aliphatic heterocycles. The van der Waals surface area contributed by atoms with E-state index >= 15 is 0 Å². The highest BCUT2D eigenvalue weighted by molar-refractivity contribution is 7.86. The summed E-state index contributed by atoms with van der Waals surface area (Å²) in [4.78, 5) is -0.838. The van der Waals surface area contributed by atoms with E-state index in [9.17, 15) is 25.9 Å². The third-order valence-corrected chi connectivity index (χ3v) is 9.23. The quantitative estimate of drug-likeness (QED) is 0.101. The van der Waals surface area contributed by atoms with Crippen LogP contribution < -0.4 is 4.74 Å². The fourth-order valence-corrected chi connectivity index (χ4v) is 6.47. The summed E-state index contributed by atoms with van der Waals surface area (Å²) in [6, 6.07) is 9.06. The van der Waals surface area contributed by atoms with Gasteiger partial charge in [-0.15, -0.1) is 0 Å². The van der Waals surface area contributed by atoms with Gasteiger partial charge in [0.05, 0.1) is 0 Å². The molecule has 0 heterocycles. The van der Waals surface area contributed by atoms with Crippen LogP contribution in [0, 0.1) is 0 Å². The molecule has 7 nitrogen and oxygen atoms in total. The lowest BCUT2D eigenvalue weighted by molar-refractivity contribution is 0.423. The maximum Gasteiger partial charge on any atom is 0.298 e. The fourth-order valence-electron chi connectivity index (χ4n) is 5.15. The Morgan fingerprint density at radius 1 is 0.512 bits per heavy atom. The van der Waals surface area contributed by atoms with E-state index in [2.05, 4.69) is 13.8 Å². The summed E-state index contributed by atoms with van der Waals surface area (Å²) in [5.41, 5.74) is 1.13. The first kappa shape index (κ1) is 35.3. The third-order valence-electron chi connectivity index (χ3n) is 7.48. The van der Waals surface area contributed by atoms with Crippen molar-refractivity contribution in [3.05, 3.63) is 47.5 Å². The lowest BCUT2D eigenvalue weighted by atomic mass is 10.0. The highest BCUT2D eigenvalue weighted by atomic mass is 32.2. The molecular formula is C32H50O7S2. The molecule has 2 N–H and O–H groups in total. The highest BCUT2D eigenvalue weighted by Crippen LogP contribution is 2.39. The molecule has 2 rings (SSSR count). The normalized spacial score (nSPS) is 12.1. The average Bonchev–Trinajstić information content (AvgIpc) is 2.91. The van der Waals surface area contributed by atoms with E-state index in [0.717, 1.165) is 51.4 Å². The maximum absolute atomic E-state index is 12.3. The summed E-state index contributed by atoms with van der Waals surface area (Å²) in [7, 11) is -9.31. The van der Waals surface area contributed by atoms with Gasteiger partial charge in [-0.1, -0.05) is 128 Å². The largest absolute Gasteiger partial charge is 0.454 e. The number of rotatable bonds is 22. The highest BCUT2D eigenvalue weighted by Gasteiger charge is 2.25. The SMILES string of the molecule is CCCCCCCCCCc1cccc(S(=O)(=O)O)c1Oc1c(CCCCCCCCCC)cccc1S(=O)(=O)O. The second-order valence-corrected chi connectivity index (χ2v) is 13.8. The van der Waals surface area contributed by atoms with E-state index in [1.54, 1.807) is 24.3 Å². The van der Waals surface area contributed by atoms with E-state index in [0.29, 0.717) is 24.0 Å². The van der Waals surface area contributed by atoms with Gasteiger partial charge in [-0.05, 0) is 48.9 Å². The molecular weight excluding hydrogens is 560 g/mol. The van der Waals surface area contributed by atoms with Crippen molar-refractivity contribution in [3.8, 4) is 11.5 Å². The van der Waals surface area contributed by atoms with E-state index in [1.165, 1.54) is 63.5 Å². The zero-order chi connectivity index (χ0) is 30.1. The summed E-state index contributed by atoms with van der Waals surface area (Å²) >= 11 is 0. The van der Waals surface area contributed by atoms with Crippen LogP contribution >= 0.6 is 0 Å². The van der Waals surface area contributed by atoms with Gasteiger partial charge in [0.25, 0.3) is 20.2 Å². The molecule has 0 unspecified atom stereocenters. The van der Waals surface area contributed by atoms with Crippen LogP contribution in [0.3, 0.4) is 0 Å². The molecule has 0 aliphatic carbocycles. The Labute approximate surface area is 248 Å². The van der Waals surface area contributed by atoms with E-state index < -0.39 is 30.0 Å². The number of unbranched alkanes of at least 4 members (excludes halogenated alkanes) is 14. The van der Waals surface area contributed by atoms with Gasteiger partial charge in [-0.25, -0.2) is 0 Å². The molecule has 0 amide bonds. The second-order valence-electron chi connectivity index (χ2n) is 11.0. The first-order chi connectivity index (χ1) is 19.6. The van der Waals surface area contributed by atoms with Crippen LogP contribution in [-0.2, 0) is 33.1 Å². The molecule has 0 aromatic heterocycles. The minimum Gasteiger partial charge on any atom is -0.454 e. The predicted molar refractivity (Wildman–Crippen MR) is 165 cm³/mol. The van der Waals surface area contributed by atoms with Gasteiger partial charge in [0.2, 0.25) is 0 Å². The van der Waals surface area contributed by atoms with Crippen molar-refractivity contribution in [3.63, 3.8) is 0 Å². The van der Waals surface area contributed by atoms with Crippen molar-refractivity contribution in [2.75, 3.05) is 0 Å². The summed E-state index contributed by atoms with van der Waals surface area (Å²) in [6.07, 6.45) is 18.8. The smallest absolute Gasteiger partial charge is 0.298 e. The van der Waals surface area contributed by atoms with E-state index in [4.69, 9.17) is 4.74 Å². The molecule has 232 valence electrons. The molecule has 0 saturated heterocycles.